The molecule has 3 aromatic heterocycles. The molecule has 1 atom stereocenters. The van der Waals surface area contributed by atoms with Gasteiger partial charge >= 0.3 is 11.9 Å². The summed E-state index contributed by atoms with van der Waals surface area (Å²) in [7, 11) is 0. The molecule has 1 spiro atoms. The predicted octanol–water partition coefficient (Wildman–Crippen LogP) is 3.59. The lowest BCUT2D eigenvalue weighted by Crippen LogP contribution is -2.51. The van der Waals surface area contributed by atoms with Crippen LogP contribution in [0.3, 0.4) is 0 Å². The molecule has 7 rings (SSSR count). The molecule has 224 valence electrons. The summed E-state index contributed by atoms with van der Waals surface area (Å²) in [5.41, 5.74) is 11.1. The van der Waals surface area contributed by atoms with Crippen LogP contribution in [0.25, 0.3) is 11.2 Å². The number of carboxylic acid groups (broad SMARTS) is 2. The van der Waals surface area contributed by atoms with Gasteiger partial charge in [0.25, 0.3) is 0 Å². The molecule has 13 heteroatoms. The number of ether oxygens (including phenoxy) is 1. The van der Waals surface area contributed by atoms with E-state index in [1.165, 1.54) is 0 Å². The second-order valence-corrected chi connectivity index (χ2v) is 11.0. The van der Waals surface area contributed by atoms with Crippen LogP contribution in [0.15, 0.2) is 48.8 Å². The molecule has 4 aromatic rings. The minimum absolute atomic E-state index is 0.0632. The highest BCUT2D eigenvalue weighted by molar-refractivity contribution is 5.87. The minimum Gasteiger partial charge on any atom is -0.485 e. The van der Waals surface area contributed by atoms with E-state index in [-0.39, 0.29) is 30.9 Å². The fourth-order valence-corrected chi connectivity index (χ4v) is 6.05. The number of carboxylic acids is 2. The number of carbonyl (C=O) groups is 2. The van der Waals surface area contributed by atoms with E-state index in [0.717, 1.165) is 85.2 Å². The smallest absolute Gasteiger partial charge is 0.303 e. The van der Waals surface area contributed by atoms with E-state index in [9.17, 15) is 9.59 Å². The van der Waals surface area contributed by atoms with Crippen LogP contribution in [-0.2, 0) is 16.0 Å². The van der Waals surface area contributed by atoms with Crippen molar-refractivity contribution >= 4 is 40.4 Å². The van der Waals surface area contributed by atoms with E-state index in [2.05, 4.69) is 37.1 Å². The Morgan fingerprint density at radius 2 is 1.81 bits per heavy atom. The van der Waals surface area contributed by atoms with Gasteiger partial charge in [-0.3, -0.25) is 19.7 Å². The standard InChI is InChI=1S/C25H26N8O.C5H8O4/c26-22-16-5-1-2-8-19(16)34-25(22)9-13-32(14-10-25)20-15-28-21-23(29-20)30-31-24(21)33-12-4-6-17-18(33)7-3-11-27-17;6-4(7)2-1-3-5(8)9/h1-3,5,7-8,11,15,22H,4,6,9-10,12-14,26H2,(H,29,30,31);1-3H2,(H,6,7)(H,8,9)/t22-;/m1./s1. The molecule has 5 N–H and O–H groups in total. The topological polar surface area (TPSA) is 184 Å². The fraction of sp³-hybridized carbons (Fsp3) is 0.400. The predicted molar refractivity (Wildman–Crippen MR) is 159 cm³/mol. The molecule has 0 amide bonds. The zero-order chi connectivity index (χ0) is 30.0. The average molecular weight is 587 g/mol. The molecule has 3 aliphatic rings. The van der Waals surface area contributed by atoms with Gasteiger partial charge in [-0.2, -0.15) is 5.10 Å². The molecule has 0 aliphatic carbocycles. The largest absolute Gasteiger partial charge is 0.485 e. The molecule has 6 heterocycles. The number of H-pyrrole nitrogens is 1. The van der Waals surface area contributed by atoms with Gasteiger partial charge in [0.2, 0.25) is 0 Å². The van der Waals surface area contributed by atoms with Crippen molar-refractivity contribution in [2.75, 3.05) is 29.4 Å². The number of aryl methyl sites for hydroxylation is 1. The van der Waals surface area contributed by atoms with E-state index in [1.807, 2.05) is 36.7 Å². The molecule has 0 unspecified atom stereocenters. The normalized spacial score (nSPS) is 18.4. The van der Waals surface area contributed by atoms with Crippen molar-refractivity contribution in [2.24, 2.45) is 5.73 Å². The highest BCUT2D eigenvalue weighted by atomic mass is 16.5. The van der Waals surface area contributed by atoms with Gasteiger partial charge in [0.05, 0.1) is 23.6 Å². The number of aromatic nitrogens is 5. The van der Waals surface area contributed by atoms with Gasteiger partial charge < -0.3 is 30.5 Å². The van der Waals surface area contributed by atoms with E-state index >= 15 is 0 Å². The number of para-hydroxylation sites is 1. The molecule has 0 bridgehead atoms. The highest BCUT2D eigenvalue weighted by Crippen LogP contribution is 2.47. The SMILES string of the molecule is N[C@@H]1c2ccccc2OC12CCN(c1cnc3c(N4CCCc5ncccc54)n[nH]c3n1)CC2.O=C(O)CCCC(=O)O. The summed E-state index contributed by atoms with van der Waals surface area (Å²) in [6.45, 7) is 2.51. The molecule has 0 saturated carbocycles. The van der Waals surface area contributed by atoms with E-state index in [1.54, 1.807) is 0 Å². The van der Waals surface area contributed by atoms with Crippen molar-refractivity contribution < 1.29 is 24.5 Å². The Labute approximate surface area is 247 Å². The number of hydrogen-bond acceptors (Lipinski definition) is 10. The van der Waals surface area contributed by atoms with E-state index < -0.39 is 11.9 Å². The van der Waals surface area contributed by atoms with Crippen LogP contribution in [0.4, 0.5) is 17.3 Å². The number of aromatic amines is 1. The van der Waals surface area contributed by atoms with Gasteiger partial charge in [0, 0.05) is 57.1 Å². The lowest BCUT2D eigenvalue weighted by Gasteiger charge is -2.41. The molecule has 0 radical (unpaired) electrons. The molecule has 1 saturated heterocycles. The molecular weight excluding hydrogens is 552 g/mol. The second-order valence-electron chi connectivity index (χ2n) is 11.0. The van der Waals surface area contributed by atoms with Crippen LogP contribution >= 0.6 is 0 Å². The Morgan fingerprint density at radius 1 is 1.05 bits per heavy atom. The Bertz CT molecular complexity index is 1620. The Hall–Kier alpha value is -4.78. The number of piperidine rings is 1. The quantitative estimate of drug-likeness (QED) is 0.258. The number of fused-ring (bicyclic) bond motifs is 3. The van der Waals surface area contributed by atoms with Crippen molar-refractivity contribution in [3.63, 3.8) is 0 Å². The molecule has 1 aromatic carbocycles. The van der Waals surface area contributed by atoms with Crippen LogP contribution in [0.5, 0.6) is 5.75 Å². The van der Waals surface area contributed by atoms with Crippen molar-refractivity contribution in [3.05, 3.63) is 60.0 Å². The van der Waals surface area contributed by atoms with E-state index in [0.29, 0.717) is 5.65 Å². The number of nitrogens with one attached hydrogen (secondary N) is 1. The summed E-state index contributed by atoms with van der Waals surface area (Å²) >= 11 is 0. The van der Waals surface area contributed by atoms with Crippen LogP contribution in [0.2, 0.25) is 0 Å². The van der Waals surface area contributed by atoms with Crippen molar-refractivity contribution in [1.29, 1.82) is 0 Å². The Balaban J connectivity index is 0.000000321. The first-order valence-corrected chi connectivity index (χ1v) is 14.5. The van der Waals surface area contributed by atoms with Gasteiger partial charge in [-0.05, 0) is 37.5 Å². The Kier molecular flexibility index (Phi) is 7.80. The fourth-order valence-electron chi connectivity index (χ4n) is 6.05. The van der Waals surface area contributed by atoms with E-state index in [4.69, 9.17) is 30.7 Å². The number of benzene rings is 1. The van der Waals surface area contributed by atoms with Gasteiger partial charge in [0.15, 0.2) is 17.0 Å². The molecule has 1 fully saturated rings. The first-order valence-electron chi connectivity index (χ1n) is 14.5. The number of nitrogens with two attached hydrogens (primary N) is 1. The molecule has 13 nitrogen and oxygen atoms in total. The van der Waals surface area contributed by atoms with Gasteiger partial charge in [-0.1, -0.05) is 18.2 Å². The van der Waals surface area contributed by atoms with Gasteiger partial charge in [0.1, 0.15) is 17.2 Å². The zero-order valence-electron chi connectivity index (χ0n) is 23.6. The molecule has 43 heavy (non-hydrogen) atoms. The lowest BCUT2D eigenvalue weighted by molar-refractivity contribution is -0.138. The third kappa shape index (κ3) is 5.67. The summed E-state index contributed by atoms with van der Waals surface area (Å²) in [4.78, 5) is 38.2. The zero-order valence-corrected chi connectivity index (χ0v) is 23.6. The van der Waals surface area contributed by atoms with Crippen LogP contribution in [0.1, 0.15) is 55.8 Å². The molecular formula is C30H34N8O5. The summed E-state index contributed by atoms with van der Waals surface area (Å²) < 4.78 is 6.39. The number of nitrogens with zero attached hydrogens (tertiary/aromatic N) is 6. The first-order chi connectivity index (χ1) is 20.8. The highest BCUT2D eigenvalue weighted by Gasteiger charge is 2.48. The number of aliphatic carboxylic acids is 2. The number of rotatable bonds is 6. The summed E-state index contributed by atoms with van der Waals surface area (Å²) in [5, 5.41) is 23.8. The van der Waals surface area contributed by atoms with Crippen LogP contribution in [-0.4, -0.2) is 72.5 Å². The summed E-state index contributed by atoms with van der Waals surface area (Å²) in [6, 6.07) is 12.1. The maximum atomic E-state index is 9.79. The number of pyridine rings is 1. The first kappa shape index (κ1) is 28.3. The van der Waals surface area contributed by atoms with Crippen molar-refractivity contribution in [2.45, 2.75) is 56.6 Å². The number of anilines is 3. The van der Waals surface area contributed by atoms with Gasteiger partial charge in [-0.25, -0.2) is 9.97 Å². The summed E-state index contributed by atoms with van der Waals surface area (Å²) in [6.07, 6.45) is 7.50. The average Bonchev–Trinajstić information content (AvgIpc) is 3.55. The molecule has 3 aliphatic heterocycles. The van der Waals surface area contributed by atoms with Crippen LogP contribution < -0.4 is 20.3 Å². The monoisotopic (exact) mass is 586 g/mol. The third-order valence-corrected chi connectivity index (χ3v) is 8.30. The van der Waals surface area contributed by atoms with Crippen molar-refractivity contribution in [1.82, 2.24) is 25.1 Å². The third-order valence-electron chi connectivity index (χ3n) is 8.30. The summed E-state index contributed by atoms with van der Waals surface area (Å²) in [5.74, 6) is 0.683. The maximum absolute atomic E-state index is 9.79. The van der Waals surface area contributed by atoms with Crippen molar-refractivity contribution in [3.8, 4) is 5.75 Å². The maximum Gasteiger partial charge on any atom is 0.303 e. The lowest BCUT2D eigenvalue weighted by atomic mass is 9.83. The Morgan fingerprint density at radius 3 is 2.56 bits per heavy atom. The second kappa shape index (κ2) is 11.8. The van der Waals surface area contributed by atoms with Crippen LogP contribution in [0, 0.1) is 0 Å². The minimum atomic E-state index is -0.948. The number of hydrogen-bond donors (Lipinski definition) is 4. The van der Waals surface area contributed by atoms with Gasteiger partial charge in [-0.15, -0.1) is 0 Å².